The lowest BCUT2D eigenvalue weighted by molar-refractivity contribution is 0.295. The van der Waals surface area contributed by atoms with Gasteiger partial charge in [-0.1, -0.05) is 24.6 Å². The number of hydrogen-bond acceptors (Lipinski definition) is 3. The second-order valence-electron chi connectivity index (χ2n) is 4.11. The van der Waals surface area contributed by atoms with Crippen LogP contribution in [0.4, 0.5) is 0 Å². The highest BCUT2D eigenvalue weighted by Crippen LogP contribution is 2.22. The van der Waals surface area contributed by atoms with Crippen molar-refractivity contribution in [2.45, 2.75) is 20.0 Å². The molecule has 0 radical (unpaired) electrons. The summed E-state index contributed by atoms with van der Waals surface area (Å²) >= 11 is 6.24. The minimum Gasteiger partial charge on any atom is -0.487 e. The second-order valence-corrected chi connectivity index (χ2v) is 4.49. The minimum atomic E-state index is 0.331. The van der Waals surface area contributed by atoms with E-state index in [1.807, 2.05) is 20.0 Å². The van der Waals surface area contributed by atoms with Crippen molar-refractivity contribution in [2.75, 3.05) is 0 Å². The third-order valence-electron chi connectivity index (χ3n) is 2.84. The first kappa shape index (κ1) is 13.4. The summed E-state index contributed by atoms with van der Waals surface area (Å²) < 4.78 is 7.39. The smallest absolute Gasteiger partial charge is 0.131 e. The van der Waals surface area contributed by atoms with Gasteiger partial charge in [-0.05, 0) is 24.6 Å². The number of aryl methyl sites for hydroxylation is 2. The van der Waals surface area contributed by atoms with E-state index in [1.165, 1.54) is 0 Å². The number of ether oxygens (including phenoxy) is 1. The molecule has 0 unspecified atom stereocenters. The third-order valence-corrected chi connectivity index (χ3v) is 3.28. The molecular weight excluding hydrogens is 262 g/mol. The lowest BCUT2D eigenvalue weighted by atomic mass is 10.2. The fourth-order valence-electron chi connectivity index (χ4n) is 1.78. The van der Waals surface area contributed by atoms with Gasteiger partial charge in [-0.15, -0.1) is 0 Å². The van der Waals surface area contributed by atoms with Crippen LogP contribution in [0.15, 0.2) is 24.3 Å². The first-order valence-corrected chi connectivity index (χ1v) is 6.36. The Balaban J connectivity index is 2.14. The molecular formula is C14H14ClN3O. The number of benzene rings is 1. The summed E-state index contributed by atoms with van der Waals surface area (Å²) in [6.45, 7) is 2.34. The van der Waals surface area contributed by atoms with Crippen LogP contribution in [0.3, 0.4) is 0 Å². The standard InChI is InChI=1S/C14H14ClN3O/c1-3-12-14(15)13(18(2)17-12)9-19-11-6-4-5-10(7-11)8-16/h4-7H,3,9H2,1-2H3. The van der Waals surface area contributed by atoms with Gasteiger partial charge in [-0.25, -0.2) is 0 Å². The van der Waals surface area contributed by atoms with E-state index in [2.05, 4.69) is 11.2 Å². The maximum Gasteiger partial charge on any atom is 0.131 e. The Morgan fingerprint density at radius 1 is 1.47 bits per heavy atom. The molecule has 0 atom stereocenters. The van der Waals surface area contributed by atoms with Crippen LogP contribution in [-0.2, 0) is 20.1 Å². The molecule has 0 spiro atoms. The normalized spacial score (nSPS) is 10.2. The number of nitriles is 1. The quantitative estimate of drug-likeness (QED) is 0.861. The largest absolute Gasteiger partial charge is 0.487 e. The Morgan fingerprint density at radius 3 is 2.89 bits per heavy atom. The topological polar surface area (TPSA) is 50.8 Å². The predicted molar refractivity (Wildman–Crippen MR) is 73.1 cm³/mol. The van der Waals surface area contributed by atoms with Crippen molar-refractivity contribution in [3.05, 3.63) is 46.2 Å². The first-order valence-electron chi connectivity index (χ1n) is 5.99. The molecule has 0 fully saturated rings. The molecule has 1 heterocycles. The summed E-state index contributed by atoms with van der Waals surface area (Å²) in [5.41, 5.74) is 2.28. The zero-order chi connectivity index (χ0) is 13.8. The second kappa shape index (κ2) is 5.77. The number of rotatable bonds is 4. The van der Waals surface area contributed by atoms with Gasteiger partial charge in [0.05, 0.1) is 28.0 Å². The van der Waals surface area contributed by atoms with E-state index >= 15 is 0 Å². The zero-order valence-corrected chi connectivity index (χ0v) is 11.6. The highest BCUT2D eigenvalue weighted by molar-refractivity contribution is 6.31. The van der Waals surface area contributed by atoms with Crippen LogP contribution in [0.2, 0.25) is 5.02 Å². The first-order chi connectivity index (χ1) is 9.15. The Labute approximate surface area is 117 Å². The summed E-state index contributed by atoms with van der Waals surface area (Å²) in [5.74, 6) is 0.648. The minimum absolute atomic E-state index is 0.331. The van der Waals surface area contributed by atoms with Crippen molar-refractivity contribution >= 4 is 11.6 Å². The average Bonchev–Trinajstić information content (AvgIpc) is 2.71. The molecule has 19 heavy (non-hydrogen) atoms. The number of aromatic nitrogens is 2. The summed E-state index contributed by atoms with van der Waals surface area (Å²) in [4.78, 5) is 0. The van der Waals surface area contributed by atoms with E-state index in [4.69, 9.17) is 21.6 Å². The fraction of sp³-hybridized carbons (Fsp3) is 0.286. The Kier molecular flexibility index (Phi) is 4.08. The SMILES string of the molecule is CCc1nn(C)c(COc2cccc(C#N)c2)c1Cl. The van der Waals surface area contributed by atoms with Gasteiger partial charge >= 0.3 is 0 Å². The van der Waals surface area contributed by atoms with E-state index in [1.54, 1.807) is 22.9 Å². The molecule has 0 saturated carbocycles. The maximum atomic E-state index is 8.83. The van der Waals surface area contributed by atoms with E-state index < -0.39 is 0 Å². The lowest BCUT2D eigenvalue weighted by Gasteiger charge is -2.07. The molecule has 2 rings (SSSR count). The molecule has 0 saturated heterocycles. The summed E-state index contributed by atoms with van der Waals surface area (Å²) in [6.07, 6.45) is 0.788. The molecule has 0 amide bonds. The molecule has 98 valence electrons. The van der Waals surface area contributed by atoms with Gasteiger partial charge in [0.15, 0.2) is 0 Å². The van der Waals surface area contributed by atoms with Crippen LogP contribution >= 0.6 is 11.6 Å². The van der Waals surface area contributed by atoms with Crippen LogP contribution in [-0.4, -0.2) is 9.78 Å². The molecule has 0 aliphatic rings. The molecule has 5 heteroatoms. The molecule has 0 bridgehead atoms. The predicted octanol–water partition coefficient (Wildman–Crippen LogP) is 3.09. The van der Waals surface area contributed by atoms with Crippen molar-refractivity contribution < 1.29 is 4.74 Å². The summed E-state index contributed by atoms with van der Waals surface area (Å²) in [7, 11) is 1.84. The van der Waals surface area contributed by atoms with Crippen molar-refractivity contribution in [2.24, 2.45) is 7.05 Å². The van der Waals surface area contributed by atoms with Crippen LogP contribution in [0.1, 0.15) is 23.9 Å². The molecule has 2 aromatic rings. The van der Waals surface area contributed by atoms with E-state index in [0.717, 1.165) is 17.8 Å². The van der Waals surface area contributed by atoms with Crippen molar-refractivity contribution in [3.8, 4) is 11.8 Å². The fourth-order valence-corrected chi connectivity index (χ4v) is 2.13. The summed E-state index contributed by atoms with van der Waals surface area (Å²) in [5, 5.41) is 13.8. The summed E-state index contributed by atoms with van der Waals surface area (Å²) in [6, 6.07) is 9.11. The molecule has 0 aliphatic carbocycles. The van der Waals surface area contributed by atoms with Crippen LogP contribution in [0.5, 0.6) is 5.75 Å². The molecule has 4 nitrogen and oxygen atoms in total. The van der Waals surface area contributed by atoms with Gasteiger partial charge < -0.3 is 4.74 Å². The van der Waals surface area contributed by atoms with Crippen LogP contribution in [0.25, 0.3) is 0 Å². The lowest BCUT2D eigenvalue weighted by Crippen LogP contribution is -2.03. The molecule has 0 aliphatic heterocycles. The van der Waals surface area contributed by atoms with Crippen LogP contribution in [0, 0.1) is 11.3 Å². The average molecular weight is 276 g/mol. The Morgan fingerprint density at radius 2 is 2.26 bits per heavy atom. The van der Waals surface area contributed by atoms with E-state index in [9.17, 15) is 0 Å². The van der Waals surface area contributed by atoms with Gasteiger partial charge in [0.25, 0.3) is 0 Å². The highest BCUT2D eigenvalue weighted by Gasteiger charge is 2.13. The Hall–Kier alpha value is -1.99. The van der Waals surface area contributed by atoms with Gasteiger partial charge in [0.1, 0.15) is 12.4 Å². The number of hydrogen-bond donors (Lipinski definition) is 0. The van der Waals surface area contributed by atoms with Gasteiger partial charge in [-0.3, -0.25) is 4.68 Å². The van der Waals surface area contributed by atoms with Crippen molar-refractivity contribution in [1.29, 1.82) is 5.26 Å². The number of halogens is 1. The highest BCUT2D eigenvalue weighted by atomic mass is 35.5. The van der Waals surface area contributed by atoms with Crippen molar-refractivity contribution in [1.82, 2.24) is 9.78 Å². The molecule has 0 N–H and O–H groups in total. The third kappa shape index (κ3) is 2.88. The Bertz CT molecular complexity index is 628. The number of nitrogens with zero attached hydrogens (tertiary/aromatic N) is 3. The zero-order valence-electron chi connectivity index (χ0n) is 10.9. The van der Waals surface area contributed by atoms with E-state index in [-0.39, 0.29) is 0 Å². The monoisotopic (exact) mass is 275 g/mol. The molecule has 1 aromatic carbocycles. The van der Waals surface area contributed by atoms with Gasteiger partial charge in [0.2, 0.25) is 0 Å². The van der Waals surface area contributed by atoms with Crippen LogP contribution < -0.4 is 4.74 Å². The van der Waals surface area contributed by atoms with E-state index in [0.29, 0.717) is 22.9 Å². The molecule has 1 aromatic heterocycles. The van der Waals surface area contributed by atoms with Gasteiger partial charge in [-0.2, -0.15) is 10.4 Å². The maximum absolute atomic E-state index is 8.83. The van der Waals surface area contributed by atoms with Crippen molar-refractivity contribution in [3.63, 3.8) is 0 Å². The van der Waals surface area contributed by atoms with Gasteiger partial charge in [0, 0.05) is 7.05 Å².